The summed E-state index contributed by atoms with van der Waals surface area (Å²) in [6, 6.07) is 13.4. The molecule has 0 fully saturated rings. The number of aromatic nitrogens is 1. The summed E-state index contributed by atoms with van der Waals surface area (Å²) in [5.41, 5.74) is 1.48. The van der Waals surface area contributed by atoms with E-state index in [1.165, 1.54) is 13.5 Å². The number of oxazole rings is 1. The Balaban J connectivity index is 1.81. The number of rotatable bonds is 5. The monoisotopic (exact) mass is 322 g/mol. The van der Waals surface area contributed by atoms with E-state index >= 15 is 0 Å². The summed E-state index contributed by atoms with van der Waals surface area (Å²) in [4.78, 5) is 28.1. The molecule has 3 rings (SSSR count). The number of hydrogen-bond acceptors (Lipinski definition) is 5. The number of methoxy groups -OCH3 is 1. The smallest absolute Gasteiger partial charge is 0.296 e. The summed E-state index contributed by atoms with van der Waals surface area (Å²) in [5, 5.41) is 2.57. The molecular formula is C18H14N2O4. The summed E-state index contributed by atoms with van der Waals surface area (Å²) in [6.07, 6.45) is 2.89. The molecule has 120 valence electrons. The largest absolute Gasteiger partial charge is 0.496 e. The molecule has 0 saturated carbocycles. The molecule has 0 aliphatic heterocycles. The quantitative estimate of drug-likeness (QED) is 0.576. The van der Waals surface area contributed by atoms with Gasteiger partial charge in [0.25, 0.3) is 11.7 Å². The van der Waals surface area contributed by atoms with Crippen LogP contribution in [-0.4, -0.2) is 23.8 Å². The highest BCUT2D eigenvalue weighted by Crippen LogP contribution is 2.32. The van der Waals surface area contributed by atoms with Crippen LogP contribution >= 0.6 is 0 Å². The van der Waals surface area contributed by atoms with Crippen LogP contribution in [-0.2, 0) is 4.79 Å². The van der Waals surface area contributed by atoms with Crippen molar-refractivity contribution in [2.75, 3.05) is 12.4 Å². The maximum absolute atomic E-state index is 12.1. The van der Waals surface area contributed by atoms with E-state index < -0.39 is 11.7 Å². The Hall–Kier alpha value is -3.41. The lowest BCUT2D eigenvalue weighted by Gasteiger charge is -2.10. The first kappa shape index (κ1) is 15.5. The van der Waals surface area contributed by atoms with Crippen molar-refractivity contribution in [3.05, 3.63) is 66.7 Å². The molecule has 2 aromatic carbocycles. The van der Waals surface area contributed by atoms with Crippen molar-refractivity contribution in [2.24, 2.45) is 0 Å². The van der Waals surface area contributed by atoms with Crippen molar-refractivity contribution < 1.29 is 18.7 Å². The highest BCUT2D eigenvalue weighted by atomic mass is 16.5. The van der Waals surface area contributed by atoms with Crippen LogP contribution in [0.4, 0.5) is 5.69 Å². The van der Waals surface area contributed by atoms with Crippen LogP contribution in [0.15, 0.2) is 65.5 Å². The van der Waals surface area contributed by atoms with Gasteiger partial charge in [-0.05, 0) is 12.1 Å². The average Bonchev–Trinajstić information content (AvgIpc) is 3.16. The van der Waals surface area contributed by atoms with Crippen molar-refractivity contribution in [3.8, 4) is 17.1 Å². The zero-order chi connectivity index (χ0) is 16.9. The molecule has 6 heteroatoms. The first-order chi connectivity index (χ1) is 11.7. The number of anilines is 1. The van der Waals surface area contributed by atoms with Crippen LogP contribution in [0.5, 0.6) is 5.75 Å². The van der Waals surface area contributed by atoms with E-state index in [0.29, 0.717) is 28.3 Å². The van der Waals surface area contributed by atoms with E-state index in [9.17, 15) is 9.59 Å². The zero-order valence-electron chi connectivity index (χ0n) is 12.9. The predicted molar refractivity (Wildman–Crippen MR) is 87.9 cm³/mol. The summed E-state index contributed by atoms with van der Waals surface area (Å²) in [5.74, 6) is -0.272. The minimum Gasteiger partial charge on any atom is -0.496 e. The maximum Gasteiger partial charge on any atom is 0.296 e. The lowest BCUT2D eigenvalue weighted by atomic mass is 10.1. The Kier molecular flexibility index (Phi) is 4.38. The molecule has 0 atom stereocenters. The predicted octanol–water partition coefficient (Wildman–Crippen LogP) is 3.17. The molecule has 1 aromatic heterocycles. The number of ketones is 1. The van der Waals surface area contributed by atoms with E-state index in [0.717, 1.165) is 0 Å². The Morgan fingerprint density at radius 1 is 1.12 bits per heavy atom. The second kappa shape index (κ2) is 6.78. The van der Waals surface area contributed by atoms with E-state index in [1.54, 1.807) is 54.7 Å². The van der Waals surface area contributed by atoms with Gasteiger partial charge >= 0.3 is 0 Å². The molecule has 1 amide bonds. The van der Waals surface area contributed by atoms with Crippen LogP contribution in [0.1, 0.15) is 10.4 Å². The van der Waals surface area contributed by atoms with Gasteiger partial charge in [0.15, 0.2) is 12.2 Å². The molecule has 0 aliphatic rings. The molecule has 0 saturated heterocycles. The number of amides is 1. The van der Waals surface area contributed by atoms with Gasteiger partial charge in [0.05, 0.1) is 18.9 Å². The Morgan fingerprint density at radius 3 is 2.58 bits per heavy atom. The average molecular weight is 322 g/mol. The minimum absolute atomic E-state index is 0.334. The van der Waals surface area contributed by atoms with E-state index in [-0.39, 0.29) is 0 Å². The SMILES string of the molecule is COc1cc(NC(=O)C(=O)c2ccccc2)ccc1-c1cnco1. The molecule has 0 spiro atoms. The van der Waals surface area contributed by atoms with E-state index in [4.69, 9.17) is 9.15 Å². The van der Waals surface area contributed by atoms with Crippen LogP contribution in [0, 0.1) is 0 Å². The van der Waals surface area contributed by atoms with Gasteiger partial charge in [0, 0.05) is 17.3 Å². The van der Waals surface area contributed by atoms with Crippen molar-refractivity contribution in [3.63, 3.8) is 0 Å². The van der Waals surface area contributed by atoms with Gasteiger partial charge in [-0.25, -0.2) is 4.98 Å². The minimum atomic E-state index is -0.712. The third-order valence-corrected chi connectivity index (χ3v) is 3.40. The number of Topliss-reactive ketones (excluding diaryl/α,β-unsaturated/α-hetero) is 1. The highest BCUT2D eigenvalue weighted by Gasteiger charge is 2.17. The van der Waals surface area contributed by atoms with Crippen LogP contribution in [0.25, 0.3) is 11.3 Å². The first-order valence-electron chi connectivity index (χ1n) is 7.16. The van der Waals surface area contributed by atoms with Crippen LogP contribution < -0.4 is 10.1 Å². The fourth-order valence-electron chi connectivity index (χ4n) is 2.23. The number of nitrogens with zero attached hydrogens (tertiary/aromatic N) is 1. The van der Waals surface area contributed by atoms with Gasteiger partial charge in [0.1, 0.15) is 5.75 Å². The molecule has 1 heterocycles. The van der Waals surface area contributed by atoms with Gasteiger partial charge in [-0.3, -0.25) is 9.59 Å². The number of nitrogens with one attached hydrogen (secondary N) is 1. The highest BCUT2D eigenvalue weighted by molar-refractivity contribution is 6.46. The fraction of sp³-hybridized carbons (Fsp3) is 0.0556. The van der Waals surface area contributed by atoms with Crippen molar-refractivity contribution in [1.29, 1.82) is 0 Å². The third kappa shape index (κ3) is 3.17. The molecule has 1 N–H and O–H groups in total. The third-order valence-electron chi connectivity index (χ3n) is 3.40. The molecule has 3 aromatic rings. The Morgan fingerprint density at radius 2 is 1.92 bits per heavy atom. The van der Waals surface area contributed by atoms with Gasteiger partial charge in [-0.2, -0.15) is 0 Å². The molecular weight excluding hydrogens is 308 g/mol. The summed E-state index contributed by atoms with van der Waals surface area (Å²) in [7, 11) is 1.51. The van der Waals surface area contributed by atoms with Gasteiger partial charge in [0.2, 0.25) is 0 Å². The van der Waals surface area contributed by atoms with E-state index in [2.05, 4.69) is 10.3 Å². The second-order valence-electron chi connectivity index (χ2n) is 4.93. The molecule has 24 heavy (non-hydrogen) atoms. The summed E-state index contributed by atoms with van der Waals surface area (Å²) >= 11 is 0. The lowest BCUT2D eigenvalue weighted by molar-refractivity contribution is -0.112. The molecule has 0 aliphatic carbocycles. The number of hydrogen-bond donors (Lipinski definition) is 1. The topological polar surface area (TPSA) is 81.4 Å². The van der Waals surface area contributed by atoms with Crippen molar-refractivity contribution in [2.45, 2.75) is 0 Å². The molecule has 0 radical (unpaired) electrons. The number of ether oxygens (including phenoxy) is 1. The van der Waals surface area contributed by atoms with Gasteiger partial charge < -0.3 is 14.5 Å². The van der Waals surface area contributed by atoms with Crippen LogP contribution in [0.3, 0.4) is 0 Å². The summed E-state index contributed by atoms with van der Waals surface area (Å²) < 4.78 is 10.6. The van der Waals surface area contributed by atoms with E-state index in [1.807, 2.05) is 0 Å². The number of carbonyl (C=O) groups excluding carboxylic acids is 2. The van der Waals surface area contributed by atoms with Crippen LogP contribution in [0.2, 0.25) is 0 Å². The lowest BCUT2D eigenvalue weighted by Crippen LogP contribution is -2.22. The van der Waals surface area contributed by atoms with Crippen molar-refractivity contribution in [1.82, 2.24) is 4.98 Å². The van der Waals surface area contributed by atoms with Gasteiger partial charge in [-0.15, -0.1) is 0 Å². The zero-order valence-corrected chi connectivity index (χ0v) is 12.9. The Bertz CT molecular complexity index is 858. The first-order valence-corrected chi connectivity index (χ1v) is 7.16. The molecule has 0 bridgehead atoms. The normalized spacial score (nSPS) is 10.2. The standard InChI is InChI=1S/C18H14N2O4/c1-23-15-9-13(7-8-14(15)16-10-19-11-24-16)20-18(22)17(21)12-5-3-2-4-6-12/h2-11H,1H3,(H,20,22). The second-order valence-corrected chi connectivity index (χ2v) is 4.93. The molecule has 0 unspecified atom stereocenters. The fourth-order valence-corrected chi connectivity index (χ4v) is 2.23. The van der Waals surface area contributed by atoms with Gasteiger partial charge in [-0.1, -0.05) is 30.3 Å². The number of benzene rings is 2. The Labute approximate surface area is 138 Å². The maximum atomic E-state index is 12.1. The number of carbonyl (C=O) groups is 2. The molecule has 6 nitrogen and oxygen atoms in total. The van der Waals surface area contributed by atoms with Crippen molar-refractivity contribution >= 4 is 17.4 Å². The summed E-state index contributed by atoms with van der Waals surface area (Å²) in [6.45, 7) is 0.